The number of carbonyl (C=O) groups excluding carboxylic acids is 1. The summed E-state index contributed by atoms with van der Waals surface area (Å²) in [6.45, 7) is 2.98. The third-order valence-electron chi connectivity index (χ3n) is 4.92. The minimum absolute atomic E-state index is 0.0797. The van der Waals surface area contributed by atoms with E-state index in [2.05, 4.69) is 30.4 Å². The first-order chi connectivity index (χ1) is 13.5. The summed E-state index contributed by atoms with van der Waals surface area (Å²) in [6, 6.07) is 12.1. The van der Waals surface area contributed by atoms with Gasteiger partial charge in [-0.15, -0.1) is 0 Å². The van der Waals surface area contributed by atoms with Gasteiger partial charge >= 0.3 is 6.03 Å². The highest BCUT2D eigenvalue weighted by Gasteiger charge is 2.32. The number of ether oxygens (including phenoxy) is 3. The molecule has 1 saturated carbocycles. The molecule has 0 bridgehead atoms. The quantitative estimate of drug-likeness (QED) is 0.750. The number of nitrogens with zero attached hydrogens (tertiary/aromatic N) is 1. The van der Waals surface area contributed by atoms with E-state index in [9.17, 15) is 4.79 Å². The van der Waals surface area contributed by atoms with Gasteiger partial charge in [-0.1, -0.05) is 29.8 Å². The highest BCUT2D eigenvalue weighted by atomic mass is 16.5. The normalized spacial score (nSPS) is 13.0. The van der Waals surface area contributed by atoms with Gasteiger partial charge in [-0.05, 0) is 25.3 Å². The van der Waals surface area contributed by atoms with Gasteiger partial charge in [0.25, 0.3) is 0 Å². The van der Waals surface area contributed by atoms with Gasteiger partial charge in [0.15, 0.2) is 0 Å². The molecule has 2 aromatic carbocycles. The Morgan fingerprint density at radius 2 is 1.75 bits per heavy atom. The lowest BCUT2D eigenvalue weighted by Gasteiger charge is -2.24. The van der Waals surface area contributed by atoms with Gasteiger partial charge in [0.2, 0.25) is 0 Å². The van der Waals surface area contributed by atoms with Crippen molar-refractivity contribution in [3.8, 4) is 17.2 Å². The molecule has 0 spiro atoms. The first kappa shape index (κ1) is 19.9. The van der Waals surface area contributed by atoms with Crippen molar-refractivity contribution < 1.29 is 19.0 Å². The molecule has 150 valence electrons. The second kappa shape index (κ2) is 8.87. The Hall–Kier alpha value is -2.89. The van der Waals surface area contributed by atoms with Gasteiger partial charge in [0.05, 0.1) is 33.4 Å². The molecule has 1 fully saturated rings. The van der Waals surface area contributed by atoms with E-state index in [0.29, 0.717) is 36.4 Å². The lowest BCUT2D eigenvalue weighted by Crippen LogP contribution is -2.40. The van der Waals surface area contributed by atoms with Crippen molar-refractivity contribution in [2.24, 2.45) is 0 Å². The van der Waals surface area contributed by atoms with E-state index in [-0.39, 0.29) is 6.03 Å². The monoisotopic (exact) mass is 384 g/mol. The van der Waals surface area contributed by atoms with Crippen molar-refractivity contribution in [3.63, 3.8) is 0 Å². The number of nitrogens with one attached hydrogen (secondary N) is 1. The first-order valence-corrected chi connectivity index (χ1v) is 9.44. The van der Waals surface area contributed by atoms with E-state index in [1.807, 2.05) is 11.0 Å². The van der Waals surface area contributed by atoms with Crippen LogP contribution in [0.15, 0.2) is 36.4 Å². The fraction of sp³-hybridized carbons (Fsp3) is 0.409. The van der Waals surface area contributed by atoms with Crippen LogP contribution in [-0.4, -0.2) is 38.3 Å². The van der Waals surface area contributed by atoms with Crippen LogP contribution in [0.4, 0.5) is 4.79 Å². The van der Waals surface area contributed by atoms with Crippen LogP contribution in [0.5, 0.6) is 17.2 Å². The summed E-state index contributed by atoms with van der Waals surface area (Å²) in [5, 5.41) is 3.03. The number of hydrogen-bond donors (Lipinski definition) is 1. The minimum atomic E-state index is -0.0797. The number of amides is 2. The van der Waals surface area contributed by atoms with Gasteiger partial charge in [-0.2, -0.15) is 0 Å². The molecule has 0 aromatic heterocycles. The lowest BCUT2D eigenvalue weighted by atomic mass is 10.1. The first-order valence-electron chi connectivity index (χ1n) is 9.44. The molecule has 6 nitrogen and oxygen atoms in total. The summed E-state index contributed by atoms with van der Waals surface area (Å²) in [4.78, 5) is 14.8. The van der Waals surface area contributed by atoms with Crippen LogP contribution in [0, 0.1) is 6.92 Å². The lowest BCUT2D eigenvalue weighted by molar-refractivity contribution is 0.191. The number of hydrogen-bond acceptors (Lipinski definition) is 4. The summed E-state index contributed by atoms with van der Waals surface area (Å²) in [7, 11) is 4.77. The Morgan fingerprint density at radius 1 is 1.07 bits per heavy atom. The number of aryl methyl sites for hydroxylation is 1. The molecule has 0 aliphatic heterocycles. The predicted molar refractivity (Wildman–Crippen MR) is 108 cm³/mol. The third-order valence-corrected chi connectivity index (χ3v) is 4.92. The third kappa shape index (κ3) is 4.68. The Balaban J connectivity index is 1.73. The zero-order valence-electron chi connectivity index (χ0n) is 17.0. The Kier molecular flexibility index (Phi) is 6.29. The van der Waals surface area contributed by atoms with Crippen molar-refractivity contribution in [2.75, 3.05) is 21.3 Å². The SMILES string of the molecule is COc1cc(OC)c(CNC(=O)N(Cc2cccc(C)c2)C2CC2)c(OC)c1. The van der Waals surface area contributed by atoms with Crippen LogP contribution >= 0.6 is 0 Å². The molecule has 2 amide bonds. The Morgan fingerprint density at radius 3 is 2.29 bits per heavy atom. The van der Waals surface area contributed by atoms with Gasteiger partial charge < -0.3 is 24.4 Å². The summed E-state index contributed by atoms with van der Waals surface area (Å²) in [5.74, 6) is 1.88. The van der Waals surface area contributed by atoms with Crippen LogP contribution in [0.2, 0.25) is 0 Å². The van der Waals surface area contributed by atoms with E-state index in [0.717, 1.165) is 24.0 Å². The fourth-order valence-corrected chi connectivity index (χ4v) is 3.28. The molecule has 6 heteroatoms. The maximum atomic E-state index is 12.9. The molecule has 2 aromatic rings. The topological polar surface area (TPSA) is 60.0 Å². The smallest absolute Gasteiger partial charge is 0.318 e. The highest BCUT2D eigenvalue weighted by molar-refractivity contribution is 5.75. The molecule has 1 aliphatic carbocycles. The number of urea groups is 1. The van der Waals surface area contributed by atoms with Gasteiger partial charge in [0, 0.05) is 24.7 Å². The molecule has 0 unspecified atom stereocenters. The molecule has 0 atom stereocenters. The van der Waals surface area contributed by atoms with Crippen molar-refractivity contribution >= 4 is 6.03 Å². The molecule has 3 rings (SSSR count). The van der Waals surface area contributed by atoms with Crippen LogP contribution in [0.1, 0.15) is 29.5 Å². The van der Waals surface area contributed by atoms with E-state index < -0.39 is 0 Å². The van der Waals surface area contributed by atoms with Gasteiger partial charge in [-0.3, -0.25) is 0 Å². The summed E-state index contributed by atoms with van der Waals surface area (Å²) < 4.78 is 16.2. The molecule has 1 aliphatic rings. The van der Waals surface area contributed by atoms with E-state index in [4.69, 9.17) is 14.2 Å². The van der Waals surface area contributed by atoms with Crippen LogP contribution in [0.3, 0.4) is 0 Å². The molecule has 28 heavy (non-hydrogen) atoms. The molecule has 0 saturated heterocycles. The minimum Gasteiger partial charge on any atom is -0.496 e. The summed E-state index contributed by atoms with van der Waals surface area (Å²) in [6.07, 6.45) is 2.10. The molecular formula is C22H28N2O4. The summed E-state index contributed by atoms with van der Waals surface area (Å²) in [5.41, 5.74) is 3.12. The summed E-state index contributed by atoms with van der Waals surface area (Å²) >= 11 is 0. The van der Waals surface area contributed by atoms with Crippen molar-refractivity contribution in [1.82, 2.24) is 10.2 Å². The Labute approximate surface area is 166 Å². The largest absolute Gasteiger partial charge is 0.496 e. The van der Waals surface area contributed by atoms with Crippen LogP contribution in [0.25, 0.3) is 0 Å². The number of benzene rings is 2. The number of carbonyl (C=O) groups is 1. The molecular weight excluding hydrogens is 356 g/mol. The van der Waals surface area contributed by atoms with Crippen molar-refractivity contribution in [1.29, 1.82) is 0 Å². The highest BCUT2D eigenvalue weighted by Crippen LogP contribution is 2.34. The molecule has 0 heterocycles. The van der Waals surface area contributed by atoms with E-state index in [1.165, 1.54) is 5.56 Å². The van der Waals surface area contributed by atoms with Gasteiger partial charge in [0.1, 0.15) is 17.2 Å². The maximum Gasteiger partial charge on any atom is 0.318 e. The zero-order valence-corrected chi connectivity index (χ0v) is 17.0. The Bertz CT molecular complexity index is 808. The van der Waals surface area contributed by atoms with Crippen LogP contribution < -0.4 is 19.5 Å². The predicted octanol–water partition coefficient (Wildman–Crippen LogP) is 3.90. The molecule has 1 N–H and O–H groups in total. The average Bonchev–Trinajstić information content (AvgIpc) is 3.54. The standard InChI is InChI=1S/C22H28N2O4/c1-15-6-5-7-16(10-15)14-24(17-8-9-17)22(25)23-13-19-20(27-3)11-18(26-2)12-21(19)28-4/h5-7,10-12,17H,8-9,13-14H2,1-4H3,(H,23,25). The van der Waals surface area contributed by atoms with Crippen LogP contribution in [-0.2, 0) is 13.1 Å². The van der Waals surface area contributed by atoms with Crippen molar-refractivity contribution in [2.45, 2.75) is 38.9 Å². The fourth-order valence-electron chi connectivity index (χ4n) is 3.28. The van der Waals surface area contributed by atoms with Gasteiger partial charge in [-0.25, -0.2) is 4.79 Å². The maximum absolute atomic E-state index is 12.9. The second-order valence-electron chi connectivity index (χ2n) is 7.02. The van der Waals surface area contributed by atoms with E-state index >= 15 is 0 Å². The second-order valence-corrected chi connectivity index (χ2v) is 7.02. The molecule has 0 radical (unpaired) electrons. The average molecular weight is 384 g/mol. The zero-order chi connectivity index (χ0) is 20.1. The number of rotatable bonds is 8. The number of methoxy groups -OCH3 is 3. The van der Waals surface area contributed by atoms with E-state index in [1.54, 1.807) is 33.5 Å². The van der Waals surface area contributed by atoms with Crippen molar-refractivity contribution in [3.05, 3.63) is 53.1 Å².